The number of hydrogen-bond donors (Lipinski definition) is 2. The Morgan fingerprint density at radius 3 is 2.61 bits per heavy atom. The molecule has 1 aromatic heterocycles. The summed E-state index contributed by atoms with van der Waals surface area (Å²) in [5.74, 6) is -0.243. The molecule has 1 unspecified atom stereocenters. The lowest BCUT2D eigenvalue weighted by atomic mass is 10.00. The predicted octanol–water partition coefficient (Wildman–Crippen LogP) is 4.18. The number of nitrogen functional groups attached to an aromatic ring is 1. The van der Waals surface area contributed by atoms with E-state index in [1.165, 1.54) is 6.92 Å². The van der Waals surface area contributed by atoms with Crippen molar-refractivity contribution in [2.45, 2.75) is 51.9 Å². The van der Waals surface area contributed by atoms with Crippen molar-refractivity contribution in [1.29, 1.82) is 0 Å². The molecular formula is C22H25F3N4O2. The number of benzene rings is 1. The van der Waals surface area contributed by atoms with Gasteiger partial charge in [0.1, 0.15) is 11.6 Å². The van der Waals surface area contributed by atoms with Crippen LogP contribution < -0.4 is 5.73 Å². The summed E-state index contributed by atoms with van der Waals surface area (Å²) in [5, 5.41) is 10.2. The van der Waals surface area contributed by atoms with Crippen LogP contribution in [0.5, 0.6) is 5.75 Å². The number of piperidine rings is 1. The highest BCUT2D eigenvalue weighted by Crippen LogP contribution is 2.38. The van der Waals surface area contributed by atoms with Gasteiger partial charge in [0.2, 0.25) is 5.91 Å². The van der Waals surface area contributed by atoms with E-state index >= 15 is 0 Å². The van der Waals surface area contributed by atoms with E-state index in [2.05, 4.69) is 9.98 Å². The maximum atomic E-state index is 12.9. The molecule has 9 heteroatoms. The maximum absolute atomic E-state index is 12.9. The number of phenolic OH excluding ortho intramolecular Hbond substituents is 1. The number of hydrogen-bond acceptors (Lipinski definition) is 5. The quantitative estimate of drug-likeness (QED) is 0.706. The van der Waals surface area contributed by atoms with Gasteiger partial charge in [-0.2, -0.15) is 13.2 Å². The van der Waals surface area contributed by atoms with E-state index in [0.717, 1.165) is 6.07 Å². The molecular weight excluding hydrogens is 409 g/mol. The smallest absolute Gasteiger partial charge is 0.416 e. The van der Waals surface area contributed by atoms with E-state index in [0.29, 0.717) is 31.0 Å². The molecule has 31 heavy (non-hydrogen) atoms. The number of halogens is 3. The number of rotatable bonds is 4. The van der Waals surface area contributed by atoms with Crippen LogP contribution in [0.15, 0.2) is 29.3 Å². The number of nitrogens with two attached hydrogens (primary N) is 1. The van der Waals surface area contributed by atoms with Crippen LogP contribution in [0.1, 0.15) is 43.4 Å². The van der Waals surface area contributed by atoms with Gasteiger partial charge in [0.05, 0.1) is 17.3 Å². The minimum Gasteiger partial charge on any atom is -0.507 e. The highest BCUT2D eigenvalue weighted by atomic mass is 19.4. The number of likely N-dealkylation sites (tertiary alicyclic amines) is 1. The van der Waals surface area contributed by atoms with Crippen LogP contribution in [0.4, 0.5) is 19.0 Å². The molecule has 2 aromatic rings. The first-order chi connectivity index (χ1) is 14.5. The first-order valence-electron chi connectivity index (χ1n) is 9.97. The standard InChI is InChI=1S/C22H25F3N4O2/c1-12(2)29-11-16(5-7-19(29)31)27-10-14-4-6-17(28-21(14)26)20-13(3)8-15(9-18(20)30)22(23,24)25/h4,6,8-10,12,16,30H,5,7,11H2,1-3H3,(H2,26,28). The first-order valence-corrected chi connectivity index (χ1v) is 9.97. The van der Waals surface area contributed by atoms with Crippen LogP contribution in [-0.4, -0.2) is 45.7 Å². The van der Waals surface area contributed by atoms with Crippen molar-refractivity contribution < 1.29 is 23.1 Å². The Bertz CT molecular complexity index is 995. The fourth-order valence-corrected chi connectivity index (χ4v) is 3.66. The number of aromatic hydroxyl groups is 1. The van der Waals surface area contributed by atoms with Crippen molar-refractivity contribution in [3.05, 3.63) is 41.0 Å². The Morgan fingerprint density at radius 2 is 2.03 bits per heavy atom. The van der Waals surface area contributed by atoms with Gasteiger partial charge in [-0.3, -0.25) is 9.79 Å². The topological polar surface area (TPSA) is 91.8 Å². The van der Waals surface area contributed by atoms with Crippen LogP contribution >= 0.6 is 0 Å². The molecule has 166 valence electrons. The van der Waals surface area contributed by atoms with Gasteiger partial charge in [-0.1, -0.05) is 0 Å². The van der Waals surface area contributed by atoms with Crippen LogP contribution in [-0.2, 0) is 11.0 Å². The number of nitrogens with zero attached hydrogens (tertiary/aromatic N) is 3. The molecule has 3 N–H and O–H groups in total. The van der Waals surface area contributed by atoms with Crippen LogP contribution in [0, 0.1) is 6.92 Å². The van der Waals surface area contributed by atoms with Gasteiger partial charge in [0.25, 0.3) is 0 Å². The molecule has 3 rings (SSSR count). The summed E-state index contributed by atoms with van der Waals surface area (Å²) in [7, 11) is 0. The molecule has 2 heterocycles. The highest BCUT2D eigenvalue weighted by molar-refractivity contribution is 5.87. The third-order valence-electron chi connectivity index (χ3n) is 5.32. The van der Waals surface area contributed by atoms with Crippen molar-refractivity contribution in [3.8, 4) is 17.0 Å². The molecule has 1 aromatic carbocycles. The summed E-state index contributed by atoms with van der Waals surface area (Å²) in [6.45, 7) is 5.94. The molecule has 1 aliphatic rings. The van der Waals surface area contributed by atoms with Gasteiger partial charge >= 0.3 is 6.18 Å². The zero-order valence-electron chi connectivity index (χ0n) is 17.6. The zero-order valence-corrected chi connectivity index (χ0v) is 17.6. The second kappa shape index (κ2) is 8.56. The van der Waals surface area contributed by atoms with Crippen molar-refractivity contribution in [1.82, 2.24) is 9.88 Å². The Hall–Kier alpha value is -3.10. The van der Waals surface area contributed by atoms with Crippen molar-refractivity contribution >= 4 is 17.9 Å². The van der Waals surface area contributed by atoms with Crippen LogP contribution in [0.3, 0.4) is 0 Å². The van der Waals surface area contributed by atoms with Gasteiger partial charge in [0.15, 0.2) is 0 Å². The van der Waals surface area contributed by atoms with E-state index in [9.17, 15) is 23.1 Å². The largest absolute Gasteiger partial charge is 0.507 e. The maximum Gasteiger partial charge on any atom is 0.416 e. The molecule has 0 radical (unpaired) electrons. The summed E-state index contributed by atoms with van der Waals surface area (Å²) in [4.78, 5) is 22.6. The number of carbonyl (C=O) groups is 1. The average molecular weight is 434 g/mol. The molecule has 6 nitrogen and oxygen atoms in total. The summed E-state index contributed by atoms with van der Waals surface area (Å²) in [6, 6.07) is 4.95. The fourth-order valence-electron chi connectivity index (χ4n) is 3.66. The summed E-state index contributed by atoms with van der Waals surface area (Å²) >= 11 is 0. The minimum absolute atomic E-state index is 0.0413. The monoisotopic (exact) mass is 434 g/mol. The summed E-state index contributed by atoms with van der Waals surface area (Å²) in [6.07, 6.45) is -1.85. The third-order valence-corrected chi connectivity index (χ3v) is 5.32. The Balaban J connectivity index is 1.83. The molecule has 1 fully saturated rings. The Kier molecular flexibility index (Phi) is 6.24. The van der Waals surface area contributed by atoms with Crippen molar-refractivity contribution in [2.75, 3.05) is 12.3 Å². The predicted molar refractivity (Wildman–Crippen MR) is 113 cm³/mol. The van der Waals surface area contributed by atoms with E-state index in [4.69, 9.17) is 5.73 Å². The number of carbonyl (C=O) groups excluding carboxylic acids is 1. The van der Waals surface area contributed by atoms with Gasteiger partial charge in [0, 0.05) is 36.3 Å². The number of aromatic nitrogens is 1. The van der Waals surface area contributed by atoms with Crippen LogP contribution in [0.25, 0.3) is 11.3 Å². The number of aliphatic imine (C=N–C) groups is 1. The van der Waals surface area contributed by atoms with Gasteiger partial charge in [-0.05, 0) is 57.0 Å². The second-order valence-electron chi connectivity index (χ2n) is 7.97. The SMILES string of the molecule is Cc1cc(C(F)(F)F)cc(O)c1-c1ccc(C=NC2CCC(=O)N(C(C)C)C2)c(N)n1. The number of pyridine rings is 1. The minimum atomic E-state index is -4.55. The Morgan fingerprint density at radius 1 is 1.32 bits per heavy atom. The van der Waals surface area contributed by atoms with Gasteiger partial charge in [-0.15, -0.1) is 0 Å². The van der Waals surface area contributed by atoms with Gasteiger partial charge in [-0.25, -0.2) is 4.98 Å². The molecule has 1 atom stereocenters. The van der Waals surface area contributed by atoms with E-state index in [-0.39, 0.29) is 40.6 Å². The third kappa shape index (κ3) is 4.98. The number of anilines is 1. The number of aryl methyl sites for hydroxylation is 1. The molecule has 0 saturated carbocycles. The number of amides is 1. The molecule has 1 saturated heterocycles. The lowest BCUT2D eigenvalue weighted by molar-refractivity contribution is -0.138. The second-order valence-corrected chi connectivity index (χ2v) is 7.97. The molecule has 1 amide bonds. The Labute approximate surface area is 178 Å². The lowest BCUT2D eigenvalue weighted by Gasteiger charge is -2.33. The van der Waals surface area contributed by atoms with Crippen LogP contribution in [0.2, 0.25) is 0 Å². The molecule has 1 aliphatic heterocycles. The molecule has 0 aliphatic carbocycles. The van der Waals surface area contributed by atoms with E-state index < -0.39 is 17.5 Å². The molecule has 0 bridgehead atoms. The summed E-state index contributed by atoms with van der Waals surface area (Å²) in [5.41, 5.74) is 6.38. The van der Waals surface area contributed by atoms with Crippen molar-refractivity contribution in [3.63, 3.8) is 0 Å². The van der Waals surface area contributed by atoms with Crippen molar-refractivity contribution in [2.24, 2.45) is 4.99 Å². The number of phenols is 1. The normalized spacial score (nSPS) is 17.7. The molecule has 0 spiro atoms. The average Bonchev–Trinajstić information content (AvgIpc) is 2.67. The summed E-state index contributed by atoms with van der Waals surface area (Å²) < 4.78 is 38.8. The van der Waals surface area contributed by atoms with Gasteiger partial charge < -0.3 is 15.7 Å². The zero-order chi connectivity index (χ0) is 22.9. The fraction of sp³-hybridized carbons (Fsp3) is 0.409. The lowest BCUT2D eigenvalue weighted by Crippen LogP contribution is -2.45. The number of alkyl halides is 3. The highest BCUT2D eigenvalue weighted by Gasteiger charge is 2.32. The first kappa shape index (κ1) is 22.6. The van der Waals surface area contributed by atoms with E-state index in [1.807, 2.05) is 13.8 Å². The van der Waals surface area contributed by atoms with E-state index in [1.54, 1.807) is 23.2 Å².